The molecule has 0 saturated heterocycles. The second kappa shape index (κ2) is 9.32. The fraction of sp³-hybridized carbons (Fsp3) is 0.579. The average molecular weight is 396 g/mol. The Morgan fingerprint density at radius 2 is 1.70 bits per heavy atom. The van der Waals surface area contributed by atoms with Gasteiger partial charge in [-0.15, -0.1) is 0 Å². The maximum absolute atomic E-state index is 12.7. The highest BCUT2D eigenvalue weighted by atomic mass is 32.2. The normalized spacial score (nSPS) is 16.3. The summed E-state index contributed by atoms with van der Waals surface area (Å²) in [5, 5.41) is 5.60. The van der Waals surface area contributed by atoms with Crippen molar-refractivity contribution in [1.82, 2.24) is 10.0 Å². The Bertz CT molecular complexity index is 754. The van der Waals surface area contributed by atoms with Gasteiger partial charge in [-0.3, -0.25) is 9.59 Å². The molecule has 2 rings (SSSR count). The van der Waals surface area contributed by atoms with Gasteiger partial charge in [0.1, 0.15) is 0 Å². The standard InChI is InChI=1S/C19H29N3O4S/c1-13(2)18(12-19(24)21-15-6-4-5-7-15)22-27(25,26)17-10-8-16(9-11-17)20-14(3)23/h8-11,13,15,18,22H,4-7,12H2,1-3H3,(H,20,23)(H,21,24). The van der Waals surface area contributed by atoms with Gasteiger partial charge in [0.05, 0.1) is 4.90 Å². The number of amides is 2. The number of hydrogen-bond donors (Lipinski definition) is 3. The van der Waals surface area contributed by atoms with Gasteiger partial charge in [0.25, 0.3) is 0 Å². The van der Waals surface area contributed by atoms with Crippen LogP contribution >= 0.6 is 0 Å². The summed E-state index contributed by atoms with van der Waals surface area (Å²) in [6.45, 7) is 5.15. The minimum Gasteiger partial charge on any atom is -0.353 e. The molecule has 3 N–H and O–H groups in total. The Kier molecular flexibility index (Phi) is 7.38. The molecule has 1 aromatic rings. The molecule has 7 nitrogen and oxygen atoms in total. The van der Waals surface area contributed by atoms with Crippen molar-refractivity contribution in [3.63, 3.8) is 0 Å². The molecule has 0 heterocycles. The topological polar surface area (TPSA) is 104 Å². The van der Waals surface area contributed by atoms with Crippen LogP contribution in [0.5, 0.6) is 0 Å². The number of rotatable bonds is 8. The van der Waals surface area contributed by atoms with E-state index in [1.54, 1.807) is 0 Å². The highest BCUT2D eigenvalue weighted by molar-refractivity contribution is 7.89. The summed E-state index contributed by atoms with van der Waals surface area (Å²) in [5.41, 5.74) is 0.526. The monoisotopic (exact) mass is 395 g/mol. The minimum absolute atomic E-state index is 0.0345. The predicted octanol–water partition coefficient (Wildman–Crippen LogP) is 2.40. The van der Waals surface area contributed by atoms with Crippen LogP contribution in [0.1, 0.15) is 52.9 Å². The summed E-state index contributed by atoms with van der Waals surface area (Å²) in [5.74, 6) is -0.381. The van der Waals surface area contributed by atoms with Crippen molar-refractivity contribution in [3.8, 4) is 0 Å². The molecular weight excluding hydrogens is 366 g/mol. The Morgan fingerprint density at radius 3 is 2.22 bits per heavy atom. The summed E-state index contributed by atoms with van der Waals surface area (Å²) in [6.07, 6.45) is 4.34. The zero-order valence-electron chi connectivity index (χ0n) is 16.1. The van der Waals surface area contributed by atoms with Crippen LogP contribution in [0.25, 0.3) is 0 Å². The average Bonchev–Trinajstić information content (AvgIpc) is 3.06. The Balaban J connectivity index is 2.02. The van der Waals surface area contributed by atoms with Crippen molar-refractivity contribution in [3.05, 3.63) is 24.3 Å². The number of carbonyl (C=O) groups is 2. The van der Waals surface area contributed by atoms with Gasteiger partial charge in [-0.1, -0.05) is 26.7 Å². The fourth-order valence-corrected chi connectivity index (χ4v) is 4.54. The summed E-state index contributed by atoms with van der Waals surface area (Å²) in [7, 11) is -3.77. The lowest BCUT2D eigenvalue weighted by Crippen LogP contribution is -2.43. The Hall–Kier alpha value is -1.93. The van der Waals surface area contributed by atoms with Gasteiger partial charge in [0.15, 0.2) is 0 Å². The van der Waals surface area contributed by atoms with E-state index in [0.29, 0.717) is 5.69 Å². The molecule has 1 aliphatic carbocycles. The van der Waals surface area contributed by atoms with Gasteiger partial charge < -0.3 is 10.6 Å². The molecule has 8 heteroatoms. The summed E-state index contributed by atoms with van der Waals surface area (Å²) in [4.78, 5) is 23.5. The summed E-state index contributed by atoms with van der Waals surface area (Å²) in [6, 6.07) is 5.66. The zero-order chi connectivity index (χ0) is 20.0. The van der Waals surface area contributed by atoms with E-state index >= 15 is 0 Å². The van der Waals surface area contributed by atoms with E-state index in [4.69, 9.17) is 0 Å². The molecule has 0 spiro atoms. The molecule has 1 saturated carbocycles. The molecule has 1 fully saturated rings. The second-order valence-electron chi connectivity index (χ2n) is 7.43. The third kappa shape index (κ3) is 6.62. The molecule has 1 unspecified atom stereocenters. The van der Waals surface area contributed by atoms with E-state index in [0.717, 1.165) is 25.7 Å². The van der Waals surface area contributed by atoms with Crippen LogP contribution in [-0.2, 0) is 19.6 Å². The van der Waals surface area contributed by atoms with Crippen molar-refractivity contribution in [2.75, 3.05) is 5.32 Å². The molecule has 0 bridgehead atoms. The molecule has 1 aromatic carbocycles. The molecule has 27 heavy (non-hydrogen) atoms. The highest BCUT2D eigenvalue weighted by Gasteiger charge is 2.26. The molecule has 2 amide bonds. The molecule has 0 radical (unpaired) electrons. The van der Waals surface area contributed by atoms with Gasteiger partial charge in [0.2, 0.25) is 21.8 Å². The van der Waals surface area contributed by atoms with Crippen molar-refractivity contribution < 1.29 is 18.0 Å². The van der Waals surface area contributed by atoms with Crippen molar-refractivity contribution >= 4 is 27.5 Å². The van der Waals surface area contributed by atoms with Crippen LogP contribution in [-0.4, -0.2) is 32.3 Å². The van der Waals surface area contributed by atoms with Gasteiger partial charge in [-0.05, 0) is 43.0 Å². The number of anilines is 1. The third-order valence-corrected chi connectivity index (χ3v) is 6.23. The number of benzene rings is 1. The van der Waals surface area contributed by atoms with Crippen molar-refractivity contribution in [1.29, 1.82) is 0 Å². The van der Waals surface area contributed by atoms with Crippen LogP contribution in [0.4, 0.5) is 5.69 Å². The largest absolute Gasteiger partial charge is 0.353 e. The first kappa shape index (κ1) is 21.4. The van der Waals surface area contributed by atoms with Crippen molar-refractivity contribution in [2.24, 2.45) is 5.92 Å². The van der Waals surface area contributed by atoms with Crippen LogP contribution in [0.3, 0.4) is 0 Å². The summed E-state index contributed by atoms with van der Waals surface area (Å²) < 4.78 is 28.0. The lowest BCUT2D eigenvalue weighted by Gasteiger charge is -2.23. The van der Waals surface area contributed by atoms with Crippen LogP contribution in [0, 0.1) is 5.92 Å². The molecule has 150 valence electrons. The number of sulfonamides is 1. The quantitative estimate of drug-likeness (QED) is 0.629. The van der Waals surface area contributed by atoms with E-state index in [1.165, 1.54) is 31.2 Å². The van der Waals surface area contributed by atoms with E-state index < -0.39 is 16.1 Å². The van der Waals surface area contributed by atoms with Gasteiger partial charge >= 0.3 is 0 Å². The van der Waals surface area contributed by atoms with Crippen LogP contribution < -0.4 is 15.4 Å². The van der Waals surface area contributed by atoms with Gasteiger partial charge in [0, 0.05) is 31.1 Å². The molecule has 0 aromatic heterocycles. The lowest BCUT2D eigenvalue weighted by atomic mass is 10.0. The summed E-state index contributed by atoms with van der Waals surface area (Å²) >= 11 is 0. The highest BCUT2D eigenvalue weighted by Crippen LogP contribution is 2.19. The Morgan fingerprint density at radius 1 is 1.11 bits per heavy atom. The number of carbonyl (C=O) groups excluding carboxylic acids is 2. The van der Waals surface area contributed by atoms with E-state index in [2.05, 4.69) is 15.4 Å². The predicted molar refractivity (Wildman–Crippen MR) is 105 cm³/mol. The van der Waals surface area contributed by atoms with E-state index in [9.17, 15) is 18.0 Å². The minimum atomic E-state index is -3.77. The van der Waals surface area contributed by atoms with Gasteiger partial charge in [-0.25, -0.2) is 13.1 Å². The molecule has 1 atom stereocenters. The fourth-order valence-electron chi connectivity index (χ4n) is 3.16. The molecular formula is C19H29N3O4S. The first-order chi connectivity index (χ1) is 12.7. The third-order valence-electron chi connectivity index (χ3n) is 4.72. The van der Waals surface area contributed by atoms with Crippen LogP contribution in [0.2, 0.25) is 0 Å². The zero-order valence-corrected chi connectivity index (χ0v) is 16.9. The molecule has 1 aliphatic rings. The van der Waals surface area contributed by atoms with E-state index in [1.807, 2.05) is 13.8 Å². The first-order valence-corrected chi connectivity index (χ1v) is 10.8. The number of nitrogens with one attached hydrogen (secondary N) is 3. The maximum atomic E-state index is 12.7. The molecule has 0 aliphatic heterocycles. The van der Waals surface area contributed by atoms with Crippen molar-refractivity contribution in [2.45, 2.75) is 69.9 Å². The number of hydrogen-bond acceptors (Lipinski definition) is 4. The van der Waals surface area contributed by atoms with Gasteiger partial charge in [-0.2, -0.15) is 0 Å². The maximum Gasteiger partial charge on any atom is 0.240 e. The second-order valence-corrected chi connectivity index (χ2v) is 9.14. The first-order valence-electron chi connectivity index (χ1n) is 9.36. The van der Waals surface area contributed by atoms with Crippen LogP contribution in [0.15, 0.2) is 29.2 Å². The Labute approximate surface area is 161 Å². The van der Waals surface area contributed by atoms with E-state index in [-0.39, 0.29) is 35.1 Å². The smallest absolute Gasteiger partial charge is 0.240 e. The SMILES string of the molecule is CC(=O)Nc1ccc(S(=O)(=O)NC(CC(=O)NC2CCCC2)C(C)C)cc1. The lowest BCUT2D eigenvalue weighted by molar-refractivity contribution is -0.122.